The van der Waals surface area contributed by atoms with Gasteiger partial charge in [0.2, 0.25) is 0 Å². The second kappa shape index (κ2) is 4.53. The SMILES string of the molecule is OC(Cc1cncs1)c1ccc(Br)s1. The number of nitrogens with zero attached hydrogens (tertiary/aromatic N) is 1. The number of rotatable bonds is 3. The van der Waals surface area contributed by atoms with Crippen LogP contribution in [0, 0.1) is 0 Å². The lowest BCUT2D eigenvalue weighted by Crippen LogP contribution is -1.97. The highest BCUT2D eigenvalue weighted by atomic mass is 79.9. The molecule has 2 aromatic rings. The molecular weight excluding hydrogens is 282 g/mol. The lowest BCUT2D eigenvalue weighted by Gasteiger charge is -2.05. The van der Waals surface area contributed by atoms with E-state index in [1.54, 1.807) is 34.4 Å². The van der Waals surface area contributed by atoms with Crippen LogP contribution in [0.4, 0.5) is 0 Å². The topological polar surface area (TPSA) is 33.1 Å². The van der Waals surface area contributed by atoms with Gasteiger partial charge in [-0.1, -0.05) is 0 Å². The number of aliphatic hydroxyl groups is 1. The highest BCUT2D eigenvalue weighted by Crippen LogP contribution is 2.29. The van der Waals surface area contributed by atoms with Gasteiger partial charge in [0.25, 0.3) is 0 Å². The van der Waals surface area contributed by atoms with Crippen LogP contribution in [0.3, 0.4) is 0 Å². The number of thiophene rings is 1. The van der Waals surface area contributed by atoms with E-state index in [4.69, 9.17) is 0 Å². The van der Waals surface area contributed by atoms with Crippen LogP contribution in [-0.4, -0.2) is 10.1 Å². The van der Waals surface area contributed by atoms with Crippen LogP contribution in [0.25, 0.3) is 0 Å². The van der Waals surface area contributed by atoms with Gasteiger partial charge in [0.05, 0.1) is 15.4 Å². The Morgan fingerprint density at radius 1 is 1.50 bits per heavy atom. The highest BCUT2D eigenvalue weighted by molar-refractivity contribution is 9.11. The van der Waals surface area contributed by atoms with Crippen LogP contribution in [-0.2, 0) is 6.42 Å². The molecule has 0 bridgehead atoms. The smallest absolute Gasteiger partial charge is 0.0931 e. The van der Waals surface area contributed by atoms with Crippen molar-refractivity contribution in [2.24, 2.45) is 0 Å². The summed E-state index contributed by atoms with van der Waals surface area (Å²) in [6, 6.07) is 3.90. The fourth-order valence-corrected chi connectivity index (χ4v) is 3.18. The Morgan fingerprint density at radius 2 is 2.36 bits per heavy atom. The first-order valence-corrected chi connectivity index (χ1v) is 6.55. The first-order valence-electron chi connectivity index (χ1n) is 4.06. The van der Waals surface area contributed by atoms with Crippen molar-refractivity contribution >= 4 is 38.6 Å². The quantitative estimate of drug-likeness (QED) is 0.941. The molecule has 2 nitrogen and oxygen atoms in total. The third-order valence-corrected chi connectivity index (χ3v) is 4.33. The van der Waals surface area contributed by atoms with Crippen LogP contribution in [0.2, 0.25) is 0 Å². The molecule has 0 saturated heterocycles. The molecule has 74 valence electrons. The van der Waals surface area contributed by atoms with Crippen molar-refractivity contribution in [2.45, 2.75) is 12.5 Å². The summed E-state index contributed by atoms with van der Waals surface area (Å²) in [5.74, 6) is 0. The molecule has 1 N–H and O–H groups in total. The van der Waals surface area contributed by atoms with E-state index in [0.717, 1.165) is 13.5 Å². The van der Waals surface area contributed by atoms with Crippen LogP contribution in [0.1, 0.15) is 15.9 Å². The predicted molar refractivity (Wildman–Crippen MR) is 62.8 cm³/mol. The minimum absolute atomic E-state index is 0.410. The van der Waals surface area contributed by atoms with Crippen molar-refractivity contribution in [3.05, 3.63) is 37.4 Å². The van der Waals surface area contributed by atoms with Crippen molar-refractivity contribution in [1.29, 1.82) is 0 Å². The van der Waals surface area contributed by atoms with Crippen LogP contribution in [0.15, 0.2) is 27.6 Å². The standard InChI is InChI=1S/C9H8BrNOS2/c10-9-2-1-8(14-9)7(12)3-6-4-11-5-13-6/h1-2,4-5,7,12H,3H2. The van der Waals surface area contributed by atoms with Gasteiger partial charge in [-0.2, -0.15) is 0 Å². The van der Waals surface area contributed by atoms with Gasteiger partial charge in [-0.3, -0.25) is 4.98 Å². The normalized spacial score (nSPS) is 13.0. The summed E-state index contributed by atoms with van der Waals surface area (Å²) in [4.78, 5) is 6.08. The number of aliphatic hydroxyl groups excluding tert-OH is 1. The van der Waals surface area contributed by atoms with Crippen molar-refractivity contribution < 1.29 is 5.11 Å². The Balaban J connectivity index is 2.06. The Kier molecular flexibility index (Phi) is 3.33. The average Bonchev–Trinajstić information content (AvgIpc) is 2.75. The van der Waals surface area contributed by atoms with Gasteiger partial charge in [-0.05, 0) is 28.1 Å². The fourth-order valence-electron chi connectivity index (χ4n) is 1.14. The van der Waals surface area contributed by atoms with E-state index in [1.165, 1.54) is 0 Å². The number of aromatic nitrogens is 1. The zero-order chi connectivity index (χ0) is 9.97. The summed E-state index contributed by atoms with van der Waals surface area (Å²) in [7, 11) is 0. The average molecular weight is 290 g/mol. The molecule has 0 saturated carbocycles. The van der Waals surface area contributed by atoms with Crippen molar-refractivity contribution in [3.8, 4) is 0 Å². The van der Waals surface area contributed by atoms with Crippen molar-refractivity contribution in [2.75, 3.05) is 0 Å². The Bertz CT molecular complexity index is 399. The van der Waals surface area contributed by atoms with Gasteiger partial charge in [0.1, 0.15) is 0 Å². The van der Waals surface area contributed by atoms with Crippen molar-refractivity contribution in [1.82, 2.24) is 4.98 Å². The molecule has 2 rings (SSSR count). The monoisotopic (exact) mass is 289 g/mol. The molecule has 0 aliphatic carbocycles. The summed E-state index contributed by atoms with van der Waals surface area (Å²) in [6.07, 6.45) is 2.04. The molecule has 0 amide bonds. The van der Waals surface area contributed by atoms with Crippen LogP contribution in [0.5, 0.6) is 0 Å². The molecule has 0 aliphatic rings. The molecule has 1 atom stereocenters. The highest BCUT2D eigenvalue weighted by Gasteiger charge is 2.11. The molecule has 14 heavy (non-hydrogen) atoms. The molecular formula is C9H8BrNOS2. The minimum Gasteiger partial charge on any atom is -0.387 e. The molecule has 0 spiro atoms. The van der Waals surface area contributed by atoms with E-state index < -0.39 is 6.10 Å². The predicted octanol–water partition coefficient (Wildman–Crippen LogP) is 3.24. The first kappa shape index (κ1) is 10.3. The third kappa shape index (κ3) is 2.42. The minimum atomic E-state index is -0.410. The molecule has 0 aromatic carbocycles. The molecule has 1 unspecified atom stereocenters. The number of thiazole rings is 1. The second-order valence-electron chi connectivity index (χ2n) is 2.83. The van der Waals surface area contributed by atoms with Crippen molar-refractivity contribution in [3.63, 3.8) is 0 Å². The molecule has 5 heteroatoms. The largest absolute Gasteiger partial charge is 0.387 e. The lowest BCUT2D eigenvalue weighted by atomic mass is 10.2. The summed E-state index contributed by atoms with van der Waals surface area (Å²) < 4.78 is 1.05. The first-order chi connectivity index (χ1) is 6.75. The number of hydrogen-bond donors (Lipinski definition) is 1. The van der Waals surface area contributed by atoms with Gasteiger partial charge in [0, 0.05) is 22.4 Å². The maximum atomic E-state index is 9.87. The molecule has 0 fully saturated rings. The van der Waals surface area contributed by atoms with Gasteiger partial charge in [-0.25, -0.2) is 0 Å². The van der Waals surface area contributed by atoms with Gasteiger partial charge in [0.15, 0.2) is 0 Å². The van der Waals surface area contributed by atoms with Gasteiger partial charge in [-0.15, -0.1) is 22.7 Å². The zero-order valence-corrected chi connectivity index (χ0v) is 10.4. The summed E-state index contributed by atoms with van der Waals surface area (Å²) in [6.45, 7) is 0. The van der Waals surface area contributed by atoms with E-state index in [0.29, 0.717) is 6.42 Å². The van der Waals surface area contributed by atoms with E-state index >= 15 is 0 Å². The summed E-state index contributed by atoms with van der Waals surface area (Å²) in [5.41, 5.74) is 1.78. The molecule has 0 aliphatic heterocycles. The zero-order valence-electron chi connectivity index (χ0n) is 7.18. The molecule has 2 aromatic heterocycles. The molecule has 0 radical (unpaired) electrons. The van der Waals surface area contributed by atoms with Gasteiger partial charge < -0.3 is 5.11 Å². The maximum absolute atomic E-state index is 9.87. The third-order valence-electron chi connectivity index (χ3n) is 1.80. The van der Waals surface area contributed by atoms with Crippen LogP contribution < -0.4 is 0 Å². The Hall–Kier alpha value is -0.230. The lowest BCUT2D eigenvalue weighted by molar-refractivity contribution is 0.183. The number of halogens is 1. The van der Waals surface area contributed by atoms with Crippen LogP contribution >= 0.6 is 38.6 Å². The molecule has 2 heterocycles. The number of hydrogen-bond acceptors (Lipinski definition) is 4. The fraction of sp³-hybridized carbons (Fsp3) is 0.222. The Morgan fingerprint density at radius 3 is 2.93 bits per heavy atom. The van der Waals surface area contributed by atoms with E-state index in [2.05, 4.69) is 20.9 Å². The summed E-state index contributed by atoms with van der Waals surface area (Å²) >= 11 is 6.52. The van der Waals surface area contributed by atoms with E-state index in [9.17, 15) is 5.11 Å². The van der Waals surface area contributed by atoms with E-state index in [-0.39, 0.29) is 0 Å². The second-order valence-corrected chi connectivity index (χ2v) is 6.30. The Labute approximate surface area is 98.4 Å². The maximum Gasteiger partial charge on any atom is 0.0931 e. The summed E-state index contributed by atoms with van der Waals surface area (Å²) in [5, 5.41) is 9.87. The van der Waals surface area contributed by atoms with E-state index in [1.807, 2.05) is 12.1 Å². The van der Waals surface area contributed by atoms with Gasteiger partial charge >= 0.3 is 0 Å².